The zero-order valence-electron chi connectivity index (χ0n) is 15.2. The van der Waals surface area contributed by atoms with Gasteiger partial charge in [-0.25, -0.2) is 23.4 Å². The molecule has 1 saturated carbocycles. The van der Waals surface area contributed by atoms with Gasteiger partial charge in [-0.2, -0.15) is 0 Å². The molecule has 3 heterocycles. The minimum Gasteiger partial charge on any atom is -0.481 e. The molecule has 0 saturated heterocycles. The number of sulfone groups is 1. The number of ether oxygens (including phenoxy) is 1. The first-order chi connectivity index (χ1) is 13.0. The summed E-state index contributed by atoms with van der Waals surface area (Å²) in [6.45, 7) is 0. The standard InChI is InChI=1S/C18H21N5O3S/c1-23(18-15-4-6-20-17(15)21-11-22-18)13-7-12(8-13)10-27(24,25)14-3-5-19-16(9-14)26-2/h3-6,9,11-13H,7-8,10H2,1-2H3,(H,20,21,22)/t12-,13+. The number of fused-ring (bicyclic) bond motifs is 1. The maximum atomic E-state index is 12.7. The number of nitrogens with zero attached hydrogens (tertiary/aromatic N) is 4. The highest BCUT2D eigenvalue weighted by Gasteiger charge is 2.36. The fraction of sp³-hybridized carbons (Fsp3) is 0.389. The lowest BCUT2D eigenvalue weighted by molar-refractivity contribution is 0.282. The third-order valence-corrected chi connectivity index (χ3v) is 7.04. The Balaban J connectivity index is 1.42. The lowest BCUT2D eigenvalue weighted by atomic mass is 9.81. The van der Waals surface area contributed by atoms with Crippen molar-refractivity contribution in [3.63, 3.8) is 0 Å². The molecular weight excluding hydrogens is 366 g/mol. The summed E-state index contributed by atoms with van der Waals surface area (Å²) in [7, 11) is 0.108. The number of H-pyrrole nitrogens is 1. The van der Waals surface area contributed by atoms with Gasteiger partial charge in [-0.05, 0) is 30.9 Å². The summed E-state index contributed by atoms with van der Waals surface area (Å²) in [4.78, 5) is 18.0. The van der Waals surface area contributed by atoms with Gasteiger partial charge in [0, 0.05) is 31.5 Å². The molecule has 1 N–H and O–H groups in total. The Morgan fingerprint density at radius 2 is 2.07 bits per heavy atom. The number of aromatic amines is 1. The van der Waals surface area contributed by atoms with E-state index in [1.807, 2.05) is 19.3 Å². The predicted molar refractivity (Wildman–Crippen MR) is 102 cm³/mol. The molecule has 0 aliphatic heterocycles. The van der Waals surface area contributed by atoms with Crippen molar-refractivity contribution < 1.29 is 13.2 Å². The molecule has 142 valence electrons. The van der Waals surface area contributed by atoms with Crippen LogP contribution in [-0.2, 0) is 9.84 Å². The van der Waals surface area contributed by atoms with Crippen LogP contribution < -0.4 is 9.64 Å². The average Bonchev–Trinajstić information content (AvgIpc) is 3.12. The molecule has 3 aromatic rings. The largest absolute Gasteiger partial charge is 0.481 e. The van der Waals surface area contributed by atoms with Crippen LogP contribution >= 0.6 is 0 Å². The van der Waals surface area contributed by atoms with Crippen LogP contribution in [0.15, 0.2) is 41.8 Å². The van der Waals surface area contributed by atoms with Gasteiger partial charge in [0.05, 0.1) is 23.1 Å². The molecule has 0 amide bonds. The predicted octanol–water partition coefficient (Wildman–Crippen LogP) is 2.05. The van der Waals surface area contributed by atoms with Gasteiger partial charge >= 0.3 is 0 Å². The number of pyridine rings is 1. The Morgan fingerprint density at radius 1 is 1.26 bits per heavy atom. The Kier molecular flexibility index (Phi) is 4.47. The van der Waals surface area contributed by atoms with E-state index in [2.05, 4.69) is 24.8 Å². The van der Waals surface area contributed by atoms with Gasteiger partial charge < -0.3 is 14.6 Å². The first-order valence-electron chi connectivity index (χ1n) is 8.71. The van der Waals surface area contributed by atoms with Gasteiger partial charge in [-0.1, -0.05) is 0 Å². The van der Waals surface area contributed by atoms with Gasteiger partial charge in [0.2, 0.25) is 5.88 Å². The van der Waals surface area contributed by atoms with E-state index >= 15 is 0 Å². The third kappa shape index (κ3) is 3.34. The summed E-state index contributed by atoms with van der Waals surface area (Å²) in [5.74, 6) is 1.44. The highest BCUT2D eigenvalue weighted by molar-refractivity contribution is 7.91. The Hall–Kier alpha value is -2.68. The smallest absolute Gasteiger partial charge is 0.214 e. The highest BCUT2D eigenvalue weighted by Crippen LogP contribution is 2.36. The van der Waals surface area contributed by atoms with Crippen LogP contribution in [0, 0.1) is 5.92 Å². The van der Waals surface area contributed by atoms with E-state index in [0.717, 1.165) is 29.7 Å². The molecule has 3 aromatic heterocycles. The second-order valence-electron chi connectivity index (χ2n) is 6.85. The molecule has 9 heteroatoms. The van der Waals surface area contributed by atoms with Gasteiger partial charge in [0.25, 0.3) is 0 Å². The Labute approximate surface area is 157 Å². The third-order valence-electron chi connectivity index (χ3n) is 5.16. The summed E-state index contributed by atoms with van der Waals surface area (Å²) >= 11 is 0. The van der Waals surface area contributed by atoms with E-state index in [1.54, 1.807) is 6.33 Å². The average molecular weight is 387 g/mol. The maximum Gasteiger partial charge on any atom is 0.214 e. The van der Waals surface area contributed by atoms with Crippen LogP contribution in [0.4, 0.5) is 5.82 Å². The molecule has 0 aromatic carbocycles. The van der Waals surface area contributed by atoms with Crippen LogP contribution in [0.3, 0.4) is 0 Å². The molecular formula is C18H21N5O3S. The second kappa shape index (κ2) is 6.80. The highest BCUT2D eigenvalue weighted by atomic mass is 32.2. The van der Waals surface area contributed by atoms with Gasteiger partial charge in [-0.15, -0.1) is 0 Å². The van der Waals surface area contributed by atoms with Crippen molar-refractivity contribution in [3.05, 3.63) is 36.9 Å². The van der Waals surface area contributed by atoms with E-state index < -0.39 is 9.84 Å². The zero-order valence-corrected chi connectivity index (χ0v) is 16.0. The summed E-state index contributed by atoms with van der Waals surface area (Å²) in [6, 6.07) is 5.22. The van der Waals surface area contributed by atoms with Crippen molar-refractivity contribution in [3.8, 4) is 5.88 Å². The van der Waals surface area contributed by atoms with E-state index in [-0.39, 0.29) is 22.6 Å². The number of methoxy groups -OCH3 is 1. The van der Waals surface area contributed by atoms with Crippen molar-refractivity contribution in [1.29, 1.82) is 0 Å². The van der Waals surface area contributed by atoms with E-state index in [9.17, 15) is 8.42 Å². The first-order valence-corrected chi connectivity index (χ1v) is 10.4. The molecule has 27 heavy (non-hydrogen) atoms. The molecule has 0 bridgehead atoms. The summed E-state index contributed by atoms with van der Waals surface area (Å²) in [5.41, 5.74) is 0.803. The van der Waals surface area contributed by atoms with Crippen molar-refractivity contribution in [2.75, 3.05) is 24.8 Å². The van der Waals surface area contributed by atoms with Crippen LogP contribution in [0.25, 0.3) is 11.0 Å². The molecule has 1 fully saturated rings. The van der Waals surface area contributed by atoms with Gasteiger partial charge in [-0.3, -0.25) is 0 Å². The summed E-state index contributed by atoms with van der Waals surface area (Å²) in [6.07, 6.45) is 6.47. The van der Waals surface area contributed by atoms with Crippen molar-refractivity contribution >= 4 is 26.7 Å². The lowest BCUT2D eigenvalue weighted by Crippen LogP contribution is -2.45. The molecule has 0 radical (unpaired) electrons. The van der Waals surface area contributed by atoms with Crippen molar-refractivity contribution in [2.45, 2.75) is 23.8 Å². The lowest BCUT2D eigenvalue weighted by Gasteiger charge is -2.41. The Bertz CT molecular complexity index is 1060. The minimum absolute atomic E-state index is 0.130. The number of rotatable bonds is 6. The van der Waals surface area contributed by atoms with E-state index in [4.69, 9.17) is 4.74 Å². The SMILES string of the molecule is COc1cc(S(=O)(=O)C[C@H]2C[C@@H](N(C)c3ncnc4[nH]ccc34)C2)ccn1. The molecule has 1 aliphatic rings. The van der Waals surface area contributed by atoms with Crippen LogP contribution in [0.2, 0.25) is 0 Å². The molecule has 0 spiro atoms. The molecule has 1 aliphatic carbocycles. The van der Waals surface area contributed by atoms with Crippen LogP contribution in [0.1, 0.15) is 12.8 Å². The van der Waals surface area contributed by atoms with Crippen LogP contribution in [0.5, 0.6) is 5.88 Å². The normalized spacial score (nSPS) is 19.6. The van der Waals surface area contributed by atoms with Crippen LogP contribution in [-0.4, -0.2) is 54.3 Å². The molecule has 0 unspecified atom stereocenters. The topological polar surface area (TPSA) is 101 Å². The molecule has 4 rings (SSSR count). The number of nitrogens with one attached hydrogen (secondary N) is 1. The van der Waals surface area contributed by atoms with E-state index in [1.165, 1.54) is 25.4 Å². The monoisotopic (exact) mass is 387 g/mol. The van der Waals surface area contributed by atoms with E-state index in [0.29, 0.717) is 5.88 Å². The second-order valence-corrected chi connectivity index (χ2v) is 8.89. The van der Waals surface area contributed by atoms with Gasteiger partial charge in [0.1, 0.15) is 17.8 Å². The fourth-order valence-corrected chi connectivity index (χ4v) is 5.20. The molecule has 0 atom stereocenters. The minimum atomic E-state index is -3.36. The quantitative estimate of drug-likeness (QED) is 0.691. The van der Waals surface area contributed by atoms with Gasteiger partial charge in [0.15, 0.2) is 9.84 Å². The number of anilines is 1. The fourth-order valence-electron chi connectivity index (χ4n) is 3.57. The Morgan fingerprint density at radius 3 is 2.85 bits per heavy atom. The number of hydrogen-bond donors (Lipinski definition) is 1. The van der Waals surface area contributed by atoms with Crippen molar-refractivity contribution in [2.24, 2.45) is 5.92 Å². The maximum absolute atomic E-state index is 12.7. The number of aromatic nitrogens is 4. The number of hydrogen-bond acceptors (Lipinski definition) is 7. The summed E-state index contributed by atoms with van der Waals surface area (Å²) in [5, 5.41) is 0.972. The first kappa shape index (κ1) is 17.7. The zero-order chi connectivity index (χ0) is 19.0. The molecule has 8 nitrogen and oxygen atoms in total. The van der Waals surface area contributed by atoms with Crippen molar-refractivity contribution in [1.82, 2.24) is 19.9 Å². The summed E-state index contributed by atoms with van der Waals surface area (Å²) < 4.78 is 30.4.